The predicted octanol–water partition coefficient (Wildman–Crippen LogP) is 6.40. The maximum absolute atomic E-state index is 11.3. The Kier molecular flexibility index (Phi) is 8.58. The van der Waals surface area contributed by atoms with Crippen molar-refractivity contribution in [1.29, 1.82) is 0 Å². The lowest BCUT2D eigenvalue weighted by atomic mass is 9.82. The van der Waals surface area contributed by atoms with Gasteiger partial charge in [0, 0.05) is 18.6 Å². The quantitative estimate of drug-likeness (QED) is 0.431. The molecule has 1 N–H and O–H groups in total. The second kappa shape index (κ2) is 11.0. The number of ether oxygens (including phenoxy) is 2. The highest BCUT2D eigenvalue weighted by Gasteiger charge is 2.30. The van der Waals surface area contributed by atoms with E-state index in [1.807, 2.05) is 0 Å². The second-order valence-electron chi connectivity index (χ2n) is 11.1. The van der Waals surface area contributed by atoms with Gasteiger partial charge in [0.25, 0.3) is 0 Å². The van der Waals surface area contributed by atoms with Crippen LogP contribution >= 0.6 is 0 Å². The smallest absolute Gasteiger partial charge is 0.335 e. The Labute approximate surface area is 204 Å². The third kappa shape index (κ3) is 6.92. The van der Waals surface area contributed by atoms with Crippen LogP contribution in [-0.4, -0.2) is 34.9 Å². The van der Waals surface area contributed by atoms with Crippen LogP contribution in [0.3, 0.4) is 0 Å². The molecule has 1 heterocycles. The molecule has 0 radical (unpaired) electrons. The van der Waals surface area contributed by atoms with Crippen molar-refractivity contribution in [2.45, 2.75) is 91.3 Å². The van der Waals surface area contributed by atoms with Crippen molar-refractivity contribution in [2.75, 3.05) is 13.2 Å². The van der Waals surface area contributed by atoms with Crippen molar-refractivity contribution < 1.29 is 23.8 Å². The number of hydrogen-bond acceptors (Lipinski definition) is 5. The average molecular weight is 472 g/mol. The Balaban J connectivity index is 1.53. The van der Waals surface area contributed by atoms with Crippen LogP contribution in [0.2, 0.25) is 0 Å². The van der Waals surface area contributed by atoms with Crippen molar-refractivity contribution in [1.82, 2.24) is 4.98 Å². The molecule has 2 atom stereocenters. The molecule has 1 aromatic heterocycles. The Morgan fingerprint density at radius 1 is 1.09 bits per heavy atom. The van der Waals surface area contributed by atoms with Gasteiger partial charge in [-0.25, -0.2) is 9.78 Å². The van der Waals surface area contributed by atoms with Crippen LogP contribution in [-0.2, 0) is 32.7 Å². The molecule has 1 aromatic carbocycles. The van der Waals surface area contributed by atoms with E-state index in [0.29, 0.717) is 37.5 Å². The van der Waals surface area contributed by atoms with Gasteiger partial charge in [-0.3, -0.25) is 0 Å². The zero-order chi connectivity index (χ0) is 24.9. The summed E-state index contributed by atoms with van der Waals surface area (Å²) in [7, 11) is 0. The normalized spacial score (nSPS) is 19.4. The fraction of sp³-hybridized carbons (Fsp3) is 0.643. The summed E-state index contributed by atoms with van der Waals surface area (Å²) in [6.07, 6.45) is 5.10. The van der Waals surface area contributed by atoms with Crippen molar-refractivity contribution in [2.24, 2.45) is 11.8 Å². The number of nitrogens with zero attached hydrogens (tertiary/aromatic N) is 1. The van der Waals surface area contributed by atoms with Crippen LogP contribution in [0, 0.1) is 11.8 Å². The molecule has 2 unspecified atom stereocenters. The molecule has 34 heavy (non-hydrogen) atoms. The highest BCUT2D eigenvalue weighted by Crippen LogP contribution is 2.31. The third-order valence-corrected chi connectivity index (χ3v) is 6.78. The molecule has 6 heteroatoms. The molecule has 0 amide bonds. The summed E-state index contributed by atoms with van der Waals surface area (Å²) < 4.78 is 17.8. The zero-order valence-corrected chi connectivity index (χ0v) is 21.6. The molecule has 1 fully saturated rings. The van der Waals surface area contributed by atoms with E-state index in [-0.39, 0.29) is 5.41 Å². The van der Waals surface area contributed by atoms with E-state index in [1.54, 1.807) is 13.8 Å². The van der Waals surface area contributed by atoms with Gasteiger partial charge in [0.1, 0.15) is 11.5 Å². The lowest BCUT2D eigenvalue weighted by Crippen LogP contribution is -2.37. The first-order valence-electron chi connectivity index (χ1n) is 12.5. The number of carboxylic acids is 1. The van der Waals surface area contributed by atoms with Crippen LogP contribution in [0.4, 0.5) is 0 Å². The van der Waals surface area contributed by atoms with Gasteiger partial charge in [0.2, 0.25) is 5.89 Å². The average Bonchev–Trinajstić information content (AvgIpc) is 3.21. The first-order valence-corrected chi connectivity index (χ1v) is 12.5. The Morgan fingerprint density at radius 3 is 2.32 bits per heavy atom. The number of carboxylic acid groups (broad SMARTS) is 1. The topological polar surface area (TPSA) is 81.8 Å². The van der Waals surface area contributed by atoms with E-state index in [9.17, 15) is 9.90 Å². The Hall–Kier alpha value is -2.18. The van der Waals surface area contributed by atoms with E-state index >= 15 is 0 Å². The lowest BCUT2D eigenvalue weighted by Gasteiger charge is -2.31. The maximum Gasteiger partial charge on any atom is 0.335 e. The first-order chi connectivity index (χ1) is 16.0. The number of aliphatic carboxylic acids is 1. The van der Waals surface area contributed by atoms with Crippen LogP contribution < -0.4 is 0 Å². The number of hydrogen-bond donors (Lipinski definition) is 1. The summed E-state index contributed by atoms with van der Waals surface area (Å²) in [4.78, 5) is 16.0. The molecule has 6 nitrogen and oxygen atoms in total. The summed E-state index contributed by atoms with van der Waals surface area (Å²) in [6.45, 7) is 13.5. The molecule has 1 aliphatic rings. The summed E-state index contributed by atoms with van der Waals surface area (Å²) in [5, 5.41) is 9.25. The number of benzene rings is 1. The van der Waals surface area contributed by atoms with Crippen molar-refractivity contribution in [3.8, 4) is 11.5 Å². The Bertz CT molecular complexity index is 939. The van der Waals surface area contributed by atoms with E-state index in [1.165, 1.54) is 5.56 Å². The standard InChI is InChI=1S/C28H41NO5/c1-7-24-23(29-25(34-24)21-11-13-22(14-12-21)27(2,3)4)18-32-16-19-9-8-10-20(15-19)17-33-28(5,6)26(30)31/h11-14,19-20H,7-10,15-18H2,1-6H3,(H,30,31). The number of aromatic nitrogens is 1. The minimum absolute atomic E-state index is 0.111. The number of oxazole rings is 1. The number of aryl methyl sites for hydroxylation is 1. The van der Waals surface area contributed by atoms with Gasteiger partial charge in [-0.15, -0.1) is 0 Å². The lowest BCUT2D eigenvalue weighted by molar-refractivity contribution is -0.163. The molecule has 3 rings (SSSR count). The van der Waals surface area contributed by atoms with Gasteiger partial charge < -0.3 is 19.0 Å². The minimum atomic E-state index is -1.14. The maximum atomic E-state index is 11.3. The van der Waals surface area contributed by atoms with Gasteiger partial charge in [0.15, 0.2) is 5.60 Å². The summed E-state index contributed by atoms with van der Waals surface area (Å²) in [5.74, 6) is 1.43. The highest BCUT2D eigenvalue weighted by molar-refractivity contribution is 5.76. The summed E-state index contributed by atoms with van der Waals surface area (Å²) >= 11 is 0. The summed E-state index contributed by atoms with van der Waals surface area (Å²) in [6, 6.07) is 8.43. The molecule has 2 aromatic rings. The van der Waals surface area contributed by atoms with E-state index < -0.39 is 11.6 Å². The largest absolute Gasteiger partial charge is 0.479 e. The molecular weight excluding hydrogens is 430 g/mol. The van der Waals surface area contributed by atoms with Crippen LogP contribution in [0.1, 0.15) is 84.2 Å². The summed E-state index contributed by atoms with van der Waals surface area (Å²) in [5.41, 5.74) is 2.10. The first kappa shape index (κ1) is 26.4. The van der Waals surface area contributed by atoms with E-state index in [4.69, 9.17) is 18.9 Å². The molecular formula is C28H41NO5. The van der Waals surface area contributed by atoms with E-state index in [2.05, 4.69) is 52.0 Å². The van der Waals surface area contributed by atoms with Crippen LogP contribution in [0.25, 0.3) is 11.5 Å². The van der Waals surface area contributed by atoms with Crippen molar-refractivity contribution >= 4 is 5.97 Å². The van der Waals surface area contributed by atoms with Gasteiger partial charge >= 0.3 is 5.97 Å². The number of rotatable bonds is 10. The molecule has 188 valence electrons. The van der Waals surface area contributed by atoms with Crippen LogP contribution in [0.5, 0.6) is 0 Å². The molecule has 0 saturated heterocycles. The fourth-order valence-electron chi connectivity index (χ4n) is 4.42. The van der Waals surface area contributed by atoms with Gasteiger partial charge in [-0.05, 0) is 68.1 Å². The van der Waals surface area contributed by atoms with Crippen molar-refractivity contribution in [3.63, 3.8) is 0 Å². The second-order valence-corrected chi connectivity index (χ2v) is 11.1. The molecule has 0 bridgehead atoms. The van der Waals surface area contributed by atoms with Gasteiger partial charge in [-0.1, -0.05) is 46.2 Å². The van der Waals surface area contributed by atoms with Gasteiger partial charge in [0.05, 0.1) is 13.2 Å². The van der Waals surface area contributed by atoms with Crippen molar-refractivity contribution in [3.05, 3.63) is 41.3 Å². The Morgan fingerprint density at radius 2 is 1.74 bits per heavy atom. The van der Waals surface area contributed by atoms with Crippen LogP contribution in [0.15, 0.2) is 28.7 Å². The molecule has 0 aliphatic heterocycles. The number of carbonyl (C=O) groups is 1. The van der Waals surface area contributed by atoms with E-state index in [0.717, 1.165) is 49.1 Å². The highest BCUT2D eigenvalue weighted by atomic mass is 16.5. The molecule has 0 spiro atoms. The third-order valence-electron chi connectivity index (χ3n) is 6.78. The predicted molar refractivity (Wildman–Crippen MR) is 133 cm³/mol. The van der Waals surface area contributed by atoms with Gasteiger partial charge in [-0.2, -0.15) is 0 Å². The molecule has 1 saturated carbocycles. The monoisotopic (exact) mass is 471 g/mol. The SMILES string of the molecule is CCc1oc(-c2ccc(C(C)(C)C)cc2)nc1COCC1CCCC(COC(C)(C)C(=O)O)C1. The fourth-order valence-corrected chi connectivity index (χ4v) is 4.42. The minimum Gasteiger partial charge on any atom is -0.479 e. The molecule has 1 aliphatic carbocycles. The zero-order valence-electron chi connectivity index (χ0n) is 21.6.